The van der Waals surface area contributed by atoms with Crippen LogP contribution in [-0.2, 0) is 13.1 Å². The van der Waals surface area contributed by atoms with E-state index in [1.54, 1.807) is 0 Å². The molecule has 246 valence electrons. The maximum absolute atomic E-state index is 5.98. The van der Waals surface area contributed by atoms with Crippen LogP contribution in [0, 0.1) is 0 Å². The minimum absolute atomic E-state index is 0.688. The molecule has 0 saturated carbocycles. The van der Waals surface area contributed by atoms with E-state index < -0.39 is 0 Å². The number of hydrogen-bond acceptors (Lipinski definition) is 7. The van der Waals surface area contributed by atoms with Gasteiger partial charge in [0.15, 0.2) is 0 Å². The van der Waals surface area contributed by atoms with Crippen LogP contribution in [0.25, 0.3) is 10.8 Å². The molecule has 2 aliphatic rings. The van der Waals surface area contributed by atoms with Crippen molar-refractivity contribution in [1.29, 1.82) is 0 Å². The quantitative estimate of drug-likeness (QED) is 0.141. The number of nitrogens with zero attached hydrogens (tertiary/aromatic N) is 3. The lowest BCUT2D eigenvalue weighted by atomic mass is 10.1. The normalized spacial score (nSPS) is 15.6. The molecule has 7 heteroatoms. The molecule has 0 aliphatic carbocycles. The Kier molecular flexibility index (Phi) is 14.0. The third-order valence-electron chi connectivity index (χ3n) is 8.68. The molecule has 2 fully saturated rings. The number of benzene rings is 3. The van der Waals surface area contributed by atoms with Gasteiger partial charge < -0.3 is 20.5 Å². The molecule has 0 bridgehead atoms. The van der Waals surface area contributed by atoms with Crippen molar-refractivity contribution < 1.29 is 9.47 Å². The van der Waals surface area contributed by atoms with Crippen LogP contribution in [0.2, 0.25) is 0 Å². The maximum atomic E-state index is 5.98. The van der Waals surface area contributed by atoms with Crippen LogP contribution in [-0.4, -0.2) is 67.3 Å². The van der Waals surface area contributed by atoms with E-state index in [2.05, 4.69) is 86.8 Å². The number of nitrogens with two attached hydrogens (primary N) is 1. The molecule has 3 aromatic carbocycles. The fourth-order valence-corrected chi connectivity index (χ4v) is 6.22. The predicted molar refractivity (Wildman–Crippen MR) is 191 cm³/mol. The molecule has 0 radical (unpaired) electrons. The van der Waals surface area contributed by atoms with Gasteiger partial charge in [-0.1, -0.05) is 61.4 Å². The van der Waals surface area contributed by atoms with Gasteiger partial charge in [-0.05, 0) is 118 Å². The molecule has 4 aromatic rings. The summed E-state index contributed by atoms with van der Waals surface area (Å²) in [4.78, 5) is 9.55. The monoisotopic (exact) mass is 623 g/mol. The lowest BCUT2D eigenvalue weighted by Gasteiger charge is -2.26. The van der Waals surface area contributed by atoms with Gasteiger partial charge in [0.25, 0.3) is 0 Å². The summed E-state index contributed by atoms with van der Waals surface area (Å²) < 4.78 is 11.7. The molecule has 7 nitrogen and oxygen atoms in total. The van der Waals surface area contributed by atoms with Crippen molar-refractivity contribution in [3.8, 4) is 11.5 Å². The fourth-order valence-electron chi connectivity index (χ4n) is 6.22. The maximum Gasteiger partial charge on any atom is 0.133 e. The van der Waals surface area contributed by atoms with Gasteiger partial charge in [-0.15, -0.1) is 0 Å². The van der Waals surface area contributed by atoms with Crippen molar-refractivity contribution in [1.82, 2.24) is 14.8 Å². The Morgan fingerprint density at radius 2 is 1.24 bits per heavy atom. The van der Waals surface area contributed by atoms with Crippen LogP contribution >= 0.6 is 0 Å². The largest absolute Gasteiger partial charge is 0.494 e. The number of nitrogens with one attached hydrogen (secondary N) is 1. The van der Waals surface area contributed by atoms with E-state index in [0.29, 0.717) is 19.8 Å². The minimum Gasteiger partial charge on any atom is -0.494 e. The molecule has 1 aromatic heterocycles. The Labute approximate surface area is 276 Å². The van der Waals surface area contributed by atoms with Crippen molar-refractivity contribution in [3.63, 3.8) is 0 Å². The molecule has 2 saturated heterocycles. The summed E-state index contributed by atoms with van der Waals surface area (Å²) in [5, 5.41) is 5.81. The average molecular weight is 624 g/mol. The first-order valence-electron chi connectivity index (χ1n) is 17.4. The number of aromatic nitrogens is 1. The van der Waals surface area contributed by atoms with Crippen molar-refractivity contribution in [2.75, 3.05) is 57.8 Å². The summed E-state index contributed by atoms with van der Waals surface area (Å²) in [7, 11) is 0. The summed E-state index contributed by atoms with van der Waals surface area (Å²) in [5.74, 6) is 2.89. The molecule has 6 rings (SSSR count). The zero-order valence-corrected chi connectivity index (χ0v) is 27.5. The molecule has 46 heavy (non-hydrogen) atoms. The predicted octanol–water partition coefficient (Wildman–Crippen LogP) is 7.50. The number of ether oxygens (including phenoxy) is 2. The van der Waals surface area contributed by atoms with Gasteiger partial charge in [-0.3, -0.25) is 9.80 Å². The topological polar surface area (TPSA) is 75.9 Å². The third kappa shape index (κ3) is 11.3. The summed E-state index contributed by atoms with van der Waals surface area (Å²) in [6.07, 6.45) is 11.8. The lowest BCUT2D eigenvalue weighted by molar-refractivity contribution is 0.220. The van der Waals surface area contributed by atoms with Crippen molar-refractivity contribution >= 4 is 16.6 Å². The number of fused-ring (bicyclic) bond motifs is 1. The summed E-state index contributed by atoms with van der Waals surface area (Å²) in [6.45, 7) is 9.94. The van der Waals surface area contributed by atoms with Gasteiger partial charge in [0.2, 0.25) is 0 Å². The van der Waals surface area contributed by atoms with Crippen molar-refractivity contribution in [2.45, 2.75) is 64.5 Å². The third-order valence-corrected chi connectivity index (χ3v) is 8.68. The number of likely N-dealkylation sites (tertiary alicyclic amines) is 2. The molecule has 0 amide bonds. The van der Waals surface area contributed by atoms with Crippen LogP contribution in [0.1, 0.15) is 62.5 Å². The van der Waals surface area contributed by atoms with Gasteiger partial charge in [-0.2, -0.15) is 0 Å². The standard InChI is InChI=1S/C24H29N3O.C15H24N2O/c1-4-15-27(16-5-1)19-20-8-6-10-22(18-20)28-17-7-13-25-24-23-11-3-2-9-21(23)12-14-26-24;16-8-5-11-18-15-7-4-6-14(12-15)13-17-9-2-1-3-10-17/h2-3,6,8-12,14,18H,1,4-5,7,13,15-17,19H2,(H,25,26);4,6-7,12H,1-3,5,8-11,13,16H2. The molecule has 0 spiro atoms. The Hall–Kier alpha value is -3.65. The van der Waals surface area contributed by atoms with Crippen LogP contribution in [0.5, 0.6) is 11.5 Å². The second-order valence-electron chi connectivity index (χ2n) is 12.5. The Morgan fingerprint density at radius 1 is 0.652 bits per heavy atom. The molecule has 0 unspecified atom stereocenters. The minimum atomic E-state index is 0.688. The Morgan fingerprint density at radius 3 is 1.85 bits per heavy atom. The second kappa shape index (κ2) is 19.1. The van der Waals surface area contributed by atoms with Crippen LogP contribution in [0.3, 0.4) is 0 Å². The van der Waals surface area contributed by atoms with E-state index in [1.165, 1.54) is 81.2 Å². The Balaban J connectivity index is 0.000000200. The number of anilines is 1. The first-order valence-corrected chi connectivity index (χ1v) is 17.4. The van der Waals surface area contributed by atoms with Gasteiger partial charge >= 0.3 is 0 Å². The second-order valence-corrected chi connectivity index (χ2v) is 12.5. The SMILES string of the molecule is NCCCOc1cccc(CN2CCCCC2)c1.c1cc(CN2CCCCC2)cc(OCCCNc2nccc3ccccc23)c1. The van der Waals surface area contributed by atoms with Crippen LogP contribution in [0.4, 0.5) is 5.82 Å². The number of hydrogen-bond donors (Lipinski definition) is 2. The van der Waals surface area contributed by atoms with Gasteiger partial charge in [0.1, 0.15) is 17.3 Å². The van der Waals surface area contributed by atoms with Crippen molar-refractivity contribution in [2.24, 2.45) is 5.73 Å². The summed E-state index contributed by atoms with van der Waals surface area (Å²) >= 11 is 0. The van der Waals surface area contributed by atoms with E-state index in [9.17, 15) is 0 Å². The highest BCUT2D eigenvalue weighted by atomic mass is 16.5. The summed E-state index contributed by atoms with van der Waals surface area (Å²) in [5.41, 5.74) is 8.15. The van der Waals surface area contributed by atoms with E-state index in [4.69, 9.17) is 15.2 Å². The van der Waals surface area contributed by atoms with Crippen LogP contribution in [0.15, 0.2) is 85.1 Å². The first kappa shape index (κ1) is 33.7. The van der Waals surface area contributed by atoms with E-state index >= 15 is 0 Å². The average Bonchev–Trinajstić information content (AvgIpc) is 3.10. The molecule has 0 atom stereocenters. The van der Waals surface area contributed by atoms with Gasteiger partial charge in [0.05, 0.1) is 13.2 Å². The van der Waals surface area contributed by atoms with E-state index in [0.717, 1.165) is 55.2 Å². The summed E-state index contributed by atoms with van der Waals surface area (Å²) in [6, 6.07) is 27.4. The van der Waals surface area contributed by atoms with E-state index in [-0.39, 0.29) is 0 Å². The fraction of sp³-hybridized carbons (Fsp3) is 0.462. The highest BCUT2D eigenvalue weighted by Gasteiger charge is 2.12. The zero-order chi connectivity index (χ0) is 31.7. The highest BCUT2D eigenvalue weighted by molar-refractivity contribution is 5.91. The van der Waals surface area contributed by atoms with Gasteiger partial charge in [-0.25, -0.2) is 4.98 Å². The molecular formula is C39H53N5O2. The van der Waals surface area contributed by atoms with Gasteiger partial charge in [0, 0.05) is 31.2 Å². The lowest BCUT2D eigenvalue weighted by Crippen LogP contribution is -2.29. The van der Waals surface area contributed by atoms with E-state index in [1.807, 2.05) is 18.3 Å². The zero-order valence-electron chi connectivity index (χ0n) is 27.5. The molecule has 2 aliphatic heterocycles. The van der Waals surface area contributed by atoms with Crippen LogP contribution < -0.4 is 20.5 Å². The Bertz CT molecular complexity index is 1430. The smallest absolute Gasteiger partial charge is 0.133 e. The molecular weight excluding hydrogens is 570 g/mol. The first-order chi connectivity index (χ1) is 22.8. The molecule has 3 N–H and O–H groups in total. The number of pyridine rings is 1. The number of rotatable bonds is 14. The van der Waals surface area contributed by atoms with Crippen molar-refractivity contribution in [3.05, 3.63) is 96.2 Å². The highest BCUT2D eigenvalue weighted by Crippen LogP contribution is 2.21. The number of piperidine rings is 2. The molecule has 3 heterocycles.